The standard InChI is InChI=1S/C24H25N3O2/c28-23(27-17-19-6-11-25-12-7-19)24(8-13-29-14-9-24)16-20-3-1-4-21(15-20)22-5-2-10-26-18-22/h1-7,10-12,15,18H,8-9,13-14,16-17H2,(H,27,28). The fourth-order valence-corrected chi connectivity index (χ4v) is 3.90. The molecule has 0 radical (unpaired) electrons. The van der Waals surface area contributed by atoms with Crippen molar-refractivity contribution in [3.8, 4) is 11.1 Å². The summed E-state index contributed by atoms with van der Waals surface area (Å²) in [6.45, 7) is 1.75. The lowest BCUT2D eigenvalue weighted by atomic mass is 9.74. The minimum atomic E-state index is -0.446. The summed E-state index contributed by atoms with van der Waals surface area (Å²) >= 11 is 0. The number of ether oxygens (including phenoxy) is 1. The van der Waals surface area contributed by atoms with E-state index in [0.29, 0.717) is 26.2 Å². The third-order valence-corrected chi connectivity index (χ3v) is 5.60. The molecule has 3 aromatic rings. The van der Waals surface area contributed by atoms with Crippen LogP contribution in [-0.4, -0.2) is 29.1 Å². The average molecular weight is 387 g/mol. The van der Waals surface area contributed by atoms with Gasteiger partial charge >= 0.3 is 0 Å². The van der Waals surface area contributed by atoms with Gasteiger partial charge in [0.15, 0.2) is 0 Å². The second kappa shape index (κ2) is 8.97. The molecule has 0 aliphatic carbocycles. The highest BCUT2D eigenvalue weighted by Gasteiger charge is 2.40. The van der Waals surface area contributed by atoms with E-state index in [1.807, 2.05) is 24.4 Å². The number of amides is 1. The number of aromatic nitrogens is 2. The van der Waals surface area contributed by atoms with Crippen molar-refractivity contribution in [3.63, 3.8) is 0 Å². The van der Waals surface area contributed by atoms with Crippen LogP contribution in [0.4, 0.5) is 0 Å². The molecule has 0 bridgehead atoms. The first kappa shape index (κ1) is 19.3. The Kier molecular flexibility index (Phi) is 5.96. The van der Waals surface area contributed by atoms with Crippen LogP contribution in [0.15, 0.2) is 73.3 Å². The van der Waals surface area contributed by atoms with Crippen LogP contribution in [0.1, 0.15) is 24.0 Å². The van der Waals surface area contributed by atoms with Gasteiger partial charge in [-0.1, -0.05) is 30.3 Å². The first-order valence-electron chi connectivity index (χ1n) is 9.99. The Morgan fingerprint density at radius 2 is 1.72 bits per heavy atom. The molecule has 0 unspecified atom stereocenters. The zero-order valence-corrected chi connectivity index (χ0v) is 16.4. The van der Waals surface area contributed by atoms with Gasteiger partial charge in [0.25, 0.3) is 0 Å². The third kappa shape index (κ3) is 4.69. The van der Waals surface area contributed by atoms with Gasteiger partial charge in [-0.3, -0.25) is 14.8 Å². The van der Waals surface area contributed by atoms with Crippen LogP contribution < -0.4 is 5.32 Å². The summed E-state index contributed by atoms with van der Waals surface area (Å²) < 4.78 is 5.57. The molecule has 4 rings (SSSR count). The van der Waals surface area contributed by atoms with Gasteiger partial charge in [-0.2, -0.15) is 0 Å². The van der Waals surface area contributed by atoms with Gasteiger partial charge in [-0.25, -0.2) is 0 Å². The highest BCUT2D eigenvalue weighted by atomic mass is 16.5. The van der Waals surface area contributed by atoms with Gasteiger partial charge in [-0.15, -0.1) is 0 Å². The molecule has 1 N–H and O–H groups in total. The monoisotopic (exact) mass is 387 g/mol. The molecule has 3 heterocycles. The van der Waals surface area contributed by atoms with Crippen molar-refractivity contribution in [2.45, 2.75) is 25.8 Å². The topological polar surface area (TPSA) is 64.1 Å². The molecule has 1 fully saturated rings. The molecule has 0 spiro atoms. The predicted molar refractivity (Wildman–Crippen MR) is 112 cm³/mol. The van der Waals surface area contributed by atoms with Gasteiger partial charge < -0.3 is 10.1 Å². The molecule has 1 aliphatic heterocycles. The van der Waals surface area contributed by atoms with E-state index < -0.39 is 5.41 Å². The Balaban J connectivity index is 1.53. The van der Waals surface area contributed by atoms with E-state index in [-0.39, 0.29) is 5.91 Å². The largest absolute Gasteiger partial charge is 0.381 e. The highest BCUT2D eigenvalue weighted by Crippen LogP contribution is 2.35. The molecule has 1 amide bonds. The summed E-state index contributed by atoms with van der Waals surface area (Å²) in [5, 5.41) is 3.14. The van der Waals surface area contributed by atoms with Crippen molar-refractivity contribution >= 4 is 5.91 Å². The number of benzene rings is 1. The SMILES string of the molecule is O=C(NCc1ccncc1)C1(Cc2cccc(-c3cccnc3)c2)CCOCC1. The van der Waals surface area contributed by atoms with Crippen molar-refractivity contribution in [1.29, 1.82) is 0 Å². The third-order valence-electron chi connectivity index (χ3n) is 5.60. The molecule has 5 nitrogen and oxygen atoms in total. The lowest BCUT2D eigenvalue weighted by Crippen LogP contribution is -2.45. The number of hydrogen-bond donors (Lipinski definition) is 1. The average Bonchev–Trinajstić information content (AvgIpc) is 2.79. The number of hydrogen-bond acceptors (Lipinski definition) is 4. The number of carbonyl (C=O) groups excluding carboxylic acids is 1. The maximum Gasteiger partial charge on any atom is 0.226 e. The van der Waals surface area contributed by atoms with Crippen molar-refractivity contribution in [1.82, 2.24) is 15.3 Å². The first-order chi connectivity index (χ1) is 14.3. The Morgan fingerprint density at radius 3 is 2.48 bits per heavy atom. The number of rotatable bonds is 6. The van der Waals surface area contributed by atoms with Crippen molar-refractivity contribution < 1.29 is 9.53 Å². The second-order valence-electron chi connectivity index (χ2n) is 7.55. The second-order valence-corrected chi connectivity index (χ2v) is 7.55. The van der Waals surface area contributed by atoms with Crippen LogP contribution in [-0.2, 0) is 22.5 Å². The number of nitrogens with one attached hydrogen (secondary N) is 1. The van der Waals surface area contributed by atoms with Crippen molar-refractivity contribution in [2.24, 2.45) is 5.41 Å². The van der Waals surface area contributed by atoms with E-state index in [1.165, 1.54) is 0 Å². The molecular formula is C24H25N3O2. The minimum absolute atomic E-state index is 0.101. The predicted octanol–water partition coefficient (Wildman–Crippen LogP) is 3.80. The molecule has 5 heteroatoms. The van der Waals surface area contributed by atoms with Crippen LogP contribution >= 0.6 is 0 Å². The maximum absolute atomic E-state index is 13.3. The molecule has 29 heavy (non-hydrogen) atoms. The first-order valence-corrected chi connectivity index (χ1v) is 9.99. The molecule has 1 saturated heterocycles. The van der Waals surface area contributed by atoms with Gasteiger partial charge in [0, 0.05) is 44.5 Å². The van der Waals surface area contributed by atoms with Gasteiger partial charge in [0.2, 0.25) is 5.91 Å². The van der Waals surface area contributed by atoms with E-state index >= 15 is 0 Å². The quantitative estimate of drug-likeness (QED) is 0.699. The van der Waals surface area contributed by atoms with E-state index in [9.17, 15) is 4.79 Å². The van der Waals surface area contributed by atoms with Crippen LogP contribution in [0.5, 0.6) is 0 Å². The molecule has 1 aliphatic rings. The molecular weight excluding hydrogens is 362 g/mol. The molecule has 2 aromatic heterocycles. The number of carbonyl (C=O) groups is 1. The van der Waals surface area contributed by atoms with Gasteiger partial charge in [0.05, 0.1) is 5.41 Å². The summed E-state index contributed by atoms with van der Waals surface area (Å²) in [5.41, 5.74) is 3.97. The van der Waals surface area contributed by atoms with Crippen LogP contribution in [0.25, 0.3) is 11.1 Å². The van der Waals surface area contributed by atoms with Crippen LogP contribution in [0.2, 0.25) is 0 Å². The van der Waals surface area contributed by atoms with Gasteiger partial charge in [-0.05, 0) is 59.7 Å². The number of pyridine rings is 2. The number of nitrogens with zero attached hydrogens (tertiary/aromatic N) is 2. The molecule has 1 aromatic carbocycles. The minimum Gasteiger partial charge on any atom is -0.381 e. The zero-order valence-electron chi connectivity index (χ0n) is 16.4. The van der Waals surface area contributed by atoms with E-state index in [2.05, 4.69) is 45.6 Å². The normalized spacial score (nSPS) is 15.6. The van der Waals surface area contributed by atoms with E-state index in [0.717, 1.165) is 35.1 Å². The summed E-state index contributed by atoms with van der Waals surface area (Å²) in [7, 11) is 0. The molecule has 0 saturated carbocycles. The van der Waals surface area contributed by atoms with Crippen LogP contribution in [0.3, 0.4) is 0 Å². The molecule has 0 atom stereocenters. The molecule has 148 valence electrons. The Hall–Kier alpha value is -3.05. The Bertz CT molecular complexity index is 939. The Labute approximate surface area is 171 Å². The fraction of sp³-hybridized carbons (Fsp3) is 0.292. The van der Waals surface area contributed by atoms with E-state index in [1.54, 1.807) is 18.6 Å². The van der Waals surface area contributed by atoms with Crippen molar-refractivity contribution in [3.05, 3.63) is 84.4 Å². The summed E-state index contributed by atoms with van der Waals surface area (Å²) in [4.78, 5) is 21.5. The summed E-state index contributed by atoms with van der Waals surface area (Å²) in [6.07, 6.45) is 9.29. The summed E-state index contributed by atoms with van der Waals surface area (Å²) in [6, 6.07) is 16.3. The van der Waals surface area contributed by atoms with E-state index in [4.69, 9.17) is 4.74 Å². The smallest absolute Gasteiger partial charge is 0.226 e. The lowest BCUT2D eigenvalue weighted by Gasteiger charge is -2.36. The highest BCUT2D eigenvalue weighted by molar-refractivity contribution is 5.83. The van der Waals surface area contributed by atoms with Crippen molar-refractivity contribution in [2.75, 3.05) is 13.2 Å². The Morgan fingerprint density at radius 1 is 0.931 bits per heavy atom. The lowest BCUT2D eigenvalue weighted by molar-refractivity contribution is -0.136. The van der Waals surface area contributed by atoms with Crippen LogP contribution in [0, 0.1) is 5.41 Å². The summed E-state index contributed by atoms with van der Waals surface area (Å²) in [5.74, 6) is 0.101. The fourth-order valence-electron chi connectivity index (χ4n) is 3.90. The maximum atomic E-state index is 13.3. The van der Waals surface area contributed by atoms with Gasteiger partial charge in [0.1, 0.15) is 0 Å². The zero-order chi connectivity index (χ0) is 19.9.